The molecular weight excluding hydrogens is 337 g/mol. The lowest BCUT2D eigenvalue weighted by molar-refractivity contribution is -0.137. The van der Waals surface area contributed by atoms with Crippen molar-refractivity contribution in [1.29, 1.82) is 0 Å². The number of aryl methyl sites for hydroxylation is 1. The first-order chi connectivity index (χ1) is 11.5. The van der Waals surface area contributed by atoms with Gasteiger partial charge >= 0.3 is 6.18 Å². The van der Waals surface area contributed by atoms with Crippen molar-refractivity contribution in [2.24, 2.45) is 0 Å². The van der Waals surface area contributed by atoms with Gasteiger partial charge in [0, 0.05) is 44.3 Å². The highest BCUT2D eigenvalue weighted by Gasteiger charge is 2.36. The highest BCUT2D eigenvalue weighted by molar-refractivity contribution is 7.09. The van der Waals surface area contributed by atoms with Crippen LogP contribution in [0.25, 0.3) is 0 Å². The van der Waals surface area contributed by atoms with Gasteiger partial charge in [-0.1, -0.05) is 6.92 Å². The first-order valence-electron chi connectivity index (χ1n) is 7.90. The first kappa shape index (κ1) is 17.2. The van der Waals surface area contributed by atoms with Crippen LogP contribution in [-0.4, -0.2) is 41.0 Å². The van der Waals surface area contributed by atoms with Crippen molar-refractivity contribution in [3.05, 3.63) is 40.0 Å². The molecule has 0 unspecified atom stereocenters. The van der Waals surface area contributed by atoms with E-state index in [1.807, 2.05) is 0 Å². The van der Waals surface area contributed by atoms with Crippen LogP contribution in [0, 0.1) is 0 Å². The van der Waals surface area contributed by atoms with Gasteiger partial charge in [0.2, 0.25) is 0 Å². The summed E-state index contributed by atoms with van der Waals surface area (Å²) >= 11 is 1.66. The van der Waals surface area contributed by atoms with Crippen LogP contribution in [0.15, 0.2) is 23.7 Å². The molecule has 1 saturated heterocycles. The van der Waals surface area contributed by atoms with E-state index < -0.39 is 11.7 Å². The van der Waals surface area contributed by atoms with E-state index in [0.29, 0.717) is 26.2 Å². The quantitative estimate of drug-likeness (QED) is 0.840. The van der Waals surface area contributed by atoms with Gasteiger partial charge in [-0.15, -0.1) is 11.3 Å². The van der Waals surface area contributed by atoms with Crippen LogP contribution in [0.4, 0.5) is 19.0 Å². The topological polar surface area (TPSA) is 32.3 Å². The summed E-state index contributed by atoms with van der Waals surface area (Å²) in [6.45, 7) is 5.29. The fourth-order valence-electron chi connectivity index (χ4n) is 2.80. The number of hydrogen-bond donors (Lipinski definition) is 0. The smallest absolute Gasteiger partial charge is 0.354 e. The third-order valence-corrected chi connectivity index (χ3v) is 5.09. The van der Waals surface area contributed by atoms with Crippen molar-refractivity contribution in [3.8, 4) is 0 Å². The average molecular weight is 356 g/mol. The lowest BCUT2D eigenvalue weighted by Crippen LogP contribution is -2.46. The lowest BCUT2D eigenvalue weighted by atomic mass is 10.2. The molecule has 8 heteroatoms. The minimum Gasteiger partial charge on any atom is -0.354 e. The molecule has 1 aliphatic heterocycles. The van der Waals surface area contributed by atoms with Gasteiger partial charge in [-0.05, 0) is 18.6 Å². The van der Waals surface area contributed by atoms with Crippen LogP contribution in [0.1, 0.15) is 23.2 Å². The Morgan fingerprint density at radius 3 is 2.58 bits per heavy atom. The molecule has 0 aromatic carbocycles. The van der Waals surface area contributed by atoms with Crippen molar-refractivity contribution in [2.45, 2.75) is 26.1 Å². The van der Waals surface area contributed by atoms with Crippen LogP contribution in [0.5, 0.6) is 0 Å². The Balaban J connectivity index is 1.63. The molecule has 24 heavy (non-hydrogen) atoms. The maximum absolute atomic E-state index is 13.1. The molecule has 2 aromatic rings. The molecule has 0 spiro atoms. The molecule has 0 aliphatic carbocycles. The van der Waals surface area contributed by atoms with E-state index in [-0.39, 0.29) is 5.82 Å². The van der Waals surface area contributed by atoms with E-state index in [0.717, 1.165) is 29.7 Å². The van der Waals surface area contributed by atoms with Crippen molar-refractivity contribution in [1.82, 2.24) is 14.9 Å². The van der Waals surface area contributed by atoms with Crippen molar-refractivity contribution >= 4 is 17.2 Å². The number of nitrogens with zero attached hydrogens (tertiary/aromatic N) is 4. The molecule has 0 bridgehead atoms. The second-order valence-corrected chi connectivity index (χ2v) is 6.66. The van der Waals surface area contributed by atoms with Gasteiger partial charge in [-0.3, -0.25) is 4.90 Å². The number of piperazine rings is 1. The number of halogens is 3. The number of rotatable bonds is 4. The zero-order valence-electron chi connectivity index (χ0n) is 13.4. The SMILES string of the molecule is CCc1nc(CN2CCN(c3ncccc3C(F)(F)F)CC2)cs1. The van der Waals surface area contributed by atoms with E-state index in [1.54, 1.807) is 16.2 Å². The highest BCUT2D eigenvalue weighted by Crippen LogP contribution is 2.35. The van der Waals surface area contributed by atoms with Gasteiger partial charge in [0.15, 0.2) is 0 Å². The van der Waals surface area contributed by atoms with E-state index in [1.165, 1.54) is 12.3 Å². The summed E-state index contributed by atoms with van der Waals surface area (Å²) in [5.41, 5.74) is 0.379. The van der Waals surface area contributed by atoms with Crippen molar-refractivity contribution in [3.63, 3.8) is 0 Å². The minimum absolute atomic E-state index is 0.0339. The van der Waals surface area contributed by atoms with Gasteiger partial charge in [0.05, 0.1) is 16.3 Å². The zero-order chi connectivity index (χ0) is 17.2. The monoisotopic (exact) mass is 356 g/mol. The second-order valence-electron chi connectivity index (χ2n) is 5.72. The molecule has 0 radical (unpaired) electrons. The Morgan fingerprint density at radius 1 is 1.21 bits per heavy atom. The summed E-state index contributed by atoms with van der Waals surface area (Å²) < 4.78 is 39.4. The Hall–Kier alpha value is -1.67. The molecule has 4 nitrogen and oxygen atoms in total. The van der Waals surface area contributed by atoms with Gasteiger partial charge in [-0.2, -0.15) is 13.2 Å². The number of alkyl halides is 3. The average Bonchev–Trinajstić information content (AvgIpc) is 3.02. The van der Waals surface area contributed by atoms with E-state index in [2.05, 4.69) is 27.2 Å². The fraction of sp³-hybridized carbons (Fsp3) is 0.500. The summed E-state index contributed by atoms with van der Waals surface area (Å²) in [6, 6.07) is 2.42. The molecular formula is C16H19F3N4S. The molecule has 2 aromatic heterocycles. The zero-order valence-corrected chi connectivity index (χ0v) is 14.2. The van der Waals surface area contributed by atoms with Crippen molar-refractivity contribution in [2.75, 3.05) is 31.1 Å². The van der Waals surface area contributed by atoms with E-state index >= 15 is 0 Å². The number of aromatic nitrogens is 2. The Morgan fingerprint density at radius 2 is 1.96 bits per heavy atom. The molecule has 3 rings (SSSR count). The fourth-order valence-corrected chi connectivity index (χ4v) is 3.54. The molecule has 1 aliphatic rings. The number of hydrogen-bond acceptors (Lipinski definition) is 5. The summed E-state index contributed by atoms with van der Waals surface area (Å²) in [7, 11) is 0. The normalized spacial score (nSPS) is 16.6. The molecule has 0 atom stereocenters. The number of thiazole rings is 1. The third kappa shape index (κ3) is 3.87. The number of anilines is 1. The summed E-state index contributed by atoms with van der Waals surface area (Å²) in [6.07, 6.45) is -2.03. The Kier molecular flexibility index (Phi) is 5.05. The summed E-state index contributed by atoms with van der Waals surface area (Å²) in [5.74, 6) is 0.0339. The highest BCUT2D eigenvalue weighted by atomic mass is 32.1. The minimum atomic E-state index is -4.38. The molecule has 1 fully saturated rings. The summed E-state index contributed by atoms with van der Waals surface area (Å²) in [5, 5.41) is 3.18. The van der Waals surface area contributed by atoms with Crippen LogP contribution in [0.3, 0.4) is 0 Å². The standard InChI is InChI=1S/C16H19F3N4S/c1-2-14-21-12(11-24-14)10-22-6-8-23(9-7-22)15-13(16(17,18)19)4-3-5-20-15/h3-5,11H,2,6-10H2,1H3. The van der Waals surface area contributed by atoms with Crippen LogP contribution in [-0.2, 0) is 19.1 Å². The lowest BCUT2D eigenvalue weighted by Gasteiger charge is -2.36. The predicted molar refractivity (Wildman–Crippen MR) is 88.2 cm³/mol. The van der Waals surface area contributed by atoms with E-state index in [9.17, 15) is 13.2 Å². The molecule has 3 heterocycles. The molecule has 0 amide bonds. The molecule has 0 N–H and O–H groups in total. The Labute approximate surface area is 142 Å². The third-order valence-electron chi connectivity index (χ3n) is 4.05. The molecule has 0 saturated carbocycles. The predicted octanol–water partition coefficient (Wildman–Crippen LogP) is 3.44. The van der Waals surface area contributed by atoms with Gasteiger partial charge < -0.3 is 4.90 Å². The van der Waals surface area contributed by atoms with Crippen molar-refractivity contribution < 1.29 is 13.2 Å². The molecule has 130 valence electrons. The van der Waals surface area contributed by atoms with Gasteiger partial charge in [0.1, 0.15) is 5.82 Å². The largest absolute Gasteiger partial charge is 0.419 e. The first-order valence-corrected chi connectivity index (χ1v) is 8.78. The number of pyridine rings is 1. The van der Waals surface area contributed by atoms with Gasteiger partial charge in [-0.25, -0.2) is 9.97 Å². The van der Waals surface area contributed by atoms with E-state index in [4.69, 9.17) is 0 Å². The summed E-state index contributed by atoms with van der Waals surface area (Å²) in [4.78, 5) is 12.5. The van der Waals surface area contributed by atoms with Gasteiger partial charge in [0.25, 0.3) is 0 Å². The van der Waals surface area contributed by atoms with Crippen LogP contribution >= 0.6 is 11.3 Å². The maximum Gasteiger partial charge on any atom is 0.419 e. The van der Waals surface area contributed by atoms with Crippen LogP contribution in [0.2, 0.25) is 0 Å². The van der Waals surface area contributed by atoms with Crippen LogP contribution < -0.4 is 4.90 Å². The maximum atomic E-state index is 13.1. The Bertz CT molecular complexity index is 678. The second kappa shape index (κ2) is 7.06.